The van der Waals surface area contributed by atoms with Crippen LogP contribution in [0.25, 0.3) is 5.69 Å². The normalized spacial score (nSPS) is 10.8. The van der Waals surface area contributed by atoms with Crippen LogP contribution in [0.4, 0.5) is 5.69 Å². The summed E-state index contributed by atoms with van der Waals surface area (Å²) in [6.45, 7) is 2.35. The van der Waals surface area contributed by atoms with Crippen molar-refractivity contribution >= 4 is 35.0 Å². The van der Waals surface area contributed by atoms with Crippen molar-refractivity contribution in [3.63, 3.8) is 0 Å². The van der Waals surface area contributed by atoms with Crippen LogP contribution in [0.5, 0.6) is 5.75 Å². The van der Waals surface area contributed by atoms with Gasteiger partial charge in [-0.1, -0.05) is 35.5 Å². The number of benzene rings is 2. The van der Waals surface area contributed by atoms with Gasteiger partial charge in [0.05, 0.1) is 18.0 Å². The van der Waals surface area contributed by atoms with E-state index in [2.05, 4.69) is 25.5 Å². The van der Waals surface area contributed by atoms with Gasteiger partial charge in [-0.15, -0.1) is 10.2 Å². The van der Waals surface area contributed by atoms with Crippen molar-refractivity contribution in [1.82, 2.24) is 24.7 Å². The summed E-state index contributed by atoms with van der Waals surface area (Å²) in [4.78, 5) is 40.8. The summed E-state index contributed by atoms with van der Waals surface area (Å²) in [5, 5.41) is 12.4. The number of ether oxygens (including phenoxy) is 1. The van der Waals surface area contributed by atoms with E-state index in [1.54, 1.807) is 41.0 Å². The topological polar surface area (TPSA) is 135 Å². The summed E-state index contributed by atoms with van der Waals surface area (Å²) in [5.74, 6) is 0.881. The fourth-order valence-corrected chi connectivity index (χ4v) is 4.21. The third-order valence-electron chi connectivity index (χ3n) is 4.74. The molecule has 0 saturated carbocycles. The highest BCUT2D eigenvalue weighted by Gasteiger charge is 2.17. The lowest BCUT2D eigenvalue weighted by molar-refractivity contribution is -0.113. The number of amides is 1. The molecular weight excluding hydrogens is 492 g/mol. The van der Waals surface area contributed by atoms with E-state index in [4.69, 9.17) is 16.3 Å². The number of rotatable bonds is 9. The molecule has 0 bridgehead atoms. The molecule has 2 aromatic carbocycles. The lowest BCUT2D eigenvalue weighted by atomic mass is 10.2. The van der Waals surface area contributed by atoms with E-state index in [1.165, 1.54) is 17.8 Å². The maximum absolute atomic E-state index is 12.7. The van der Waals surface area contributed by atoms with Crippen molar-refractivity contribution in [3.8, 4) is 11.4 Å². The Labute approximate surface area is 208 Å². The Morgan fingerprint density at radius 1 is 1.11 bits per heavy atom. The number of thioether (sulfide) groups is 1. The second kappa shape index (κ2) is 11.1. The molecule has 12 heteroatoms. The van der Waals surface area contributed by atoms with E-state index in [9.17, 15) is 14.4 Å². The molecule has 0 aliphatic rings. The Morgan fingerprint density at radius 2 is 1.89 bits per heavy atom. The molecule has 0 spiro atoms. The largest absolute Gasteiger partial charge is 0.492 e. The maximum Gasteiger partial charge on any atom is 0.325 e. The van der Waals surface area contributed by atoms with Gasteiger partial charge in [-0.3, -0.25) is 19.1 Å². The number of carbonyl (C=O) groups excluding carboxylic acids is 1. The molecular formula is C23H21ClN6O4S. The molecule has 0 aliphatic heterocycles. The first-order chi connectivity index (χ1) is 16.9. The molecule has 4 rings (SSSR count). The van der Waals surface area contributed by atoms with Crippen molar-refractivity contribution in [3.05, 3.63) is 92.0 Å². The predicted molar refractivity (Wildman–Crippen MR) is 134 cm³/mol. The molecule has 2 heterocycles. The van der Waals surface area contributed by atoms with Crippen LogP contribution in [-0.4, -0.2) is 43.0 Å². The lowest BCUT2D eigenvalue weighted by Gasteiger charge is -2.12. The molecule has 0 atom stereocenters. The Balaban J connectivity index is 1.57. The molecule has 4 aromatic rings. The number of hydrogen-bond donors (Lipinski definition) is 3. The van der Waals surface area contributed by atoms with Crippen molar-refractivity contribution in [2.75, 3.05) is 17.7 Å². The summed E-state index contributed by atoms with van der Waals surface area (Å²) in [6.07, 6.45) is 0.142. The van der Waals surface area contributed by atoms with Crippen molar-refractivity contribution in [2.45, 2.75) is 18.5 Å². The molecule has 180 valence electrons. The third-order valence-corrected chi connectivity index (χ3v) is 5.92. The SMILES string of the molecule is CCOc1ccccc1NC(=O)CSc1nnc(Cc2cc(=O)[nH]c(=O)[nH]2)n1-c1ccc(Cl)cc1. The zero-order chi connectivity index (χ0) is 24.8. The molecule has 35 heavy (non-hydrogen) atoms. The molecule has 3 N–H and O–H groups in total. The van der Waals surface area contributed by atoms with Gasteiger partial charge in [0.1, 0.15) is 11.6 Å². The van der Waals surface area contributed by atoms with Gasteiger partial charge in [-0.25, -0.2) is 4.79 Å². The zero-order valence-electron chi connectivity index (χ0n) is 18.6. The quantitative estimate of drug-likeness (QED) is 0.293. The van der Waals surface area contributed by atoms with Gasteiger partial charge >= 0.3 is 5.69 Å². The lowest BCUT2D eigenvalue weighted by Crippen LogP contribution is -2.23. The maximum atomic E-state index is 12.7. The van der Waals surface area contributed by atoms with Gasteiger partial charge in [-0.2, -0.15) is 0 Å². The Hall–Kier alpha value is -3.83. The summed E-state index contributed by atoms with van der Waals surface area (Å²) in [5.41, 5.74) is 0.552. The number of halogens is 1. The average Bonchev–Trinajstić information content (AvgIpc) is 3.21. The minimum Gasteiger partial charge on any atom is -0.492 e. The highest BCUT2D eigenvalue weighted by atomic mass is 35.5. The van der Waals surface area contributed by atoms with Crippen LogP contribution >= 0.6 is 23.4 Å². The minimum atomic E-state index is -0.608. The van der Waals surface area contributed by atoms with E-state index in [0.29, 0.717) is 45.4 Å². The zero-order valence-corrected chi connectivity index (χ0v) is 20.2. The average molecular weight is 513 g/mol. The molecule has 0 radical (unpaired) electrons. The highest BCUT2D eigenvalue weighted by molar-refractivity contribution is 7.99. The number of para-hydroxylation sites is 2. The van der Waals surface area contributed by atoms with Crippen LogP contribution in [-0.2, 0) is 11.2 Å². The standard InChI is InChI=1S/C23H21ClN6O4S/c1-2-34-18-6-4-3-5-17(18)26-21(32)13-35-23-29-28-19(11-15-12-20(31)27-22(33)25-15)30(23)16-9-7-14(24)8-10-16/h3-10,12H,2,11,13H2,1H3,(H,26,32)(H2,25,27,31,33). The van der Waals surface area contributed by atoms with Crippen LogP contribution in [0.2, 0.25) is 5.02 Å². The number of aromatic amines is 2. The third kappa shape index (κ3) is 6.19. The fraction of sp³-hybridized carbons (Fsp3) is 0.174. The number of nitrogens with one attached hydrogen (secondary N) is 3. The number of nitrogens with zero attached hydrogens (tertiary/aromatic N) is 3. The van der Waals surface area contributed by atoms with Gasteiger partial charge in [0.25, 0.3) is 5.56 Å². The Bertz CT molecular complexity index is 1420. The molecule has 2 aromatic heterocycles. The second-order valence-corrected chi connectivity index (χ2v) is 8.65. The summed E-state index contributed by atoms with van der Waals surface area (Å²) >= 11 is 7.24. The van der Waals surface area contributed by atoms with Crippen molar-refractivity contribution in [2.24, 2.45) is 0 Å². The summed E-state index contributed by atoms with van der Waals surface area (Å²) in [7, 11) is 0. The summed E-state index contributed by atoms with van der Waals surface area (Å²) in [6, 6.07) is 15.5. The van der Waals surface area contributed by atoms with Gasteiger partial charge in [0.2, 0.25) is 5.91 Å². The highest BCUT2D eigenvalue weighted by Crippen LogP contribution is 2.26. The van der Waals surface area contributed by atoms with Crippen LogP contribution in [0.15, 0.2) is 69.3 Å². The van der Waals surface area contributed by atoms with Crippen molar-refractivity contribution < 1.29 is 9.53 Å². The number of hydrogen-bond acceptors (Lipinski definition) is 7. The predicted octanol–water partition coefficient (Wildman–Crippen LogP) is 3.02. The molecule has 0 unspecified atom stereocenters. The number of aromatic nitrogens is 5. The molecule has 1 amide bonds. The van der Waals surface area contributed by atoms with Gasteiger partial charge in [0, 0.05) is 28.9 Å². The van der Waals surface area contributed by atoms with E-state index in [0.717, 1.165) is 0 Å². The molecule has 0 aliphatic carbocycles. The fourth-order valence-electron chi connectivity index (χ4n) is 3.31. The molecule has 0 fully saturated rings. The van der Waals surface area contributed by atoms with Crippen LogP contribution in [0.3, 0.4) is 0 Å². The molecule has 0 saturated heterocycles. The van der Waals surface area contributed by atoms with Crippen LogP contribution in [0.1, 0.15) is 18.4 Å². The van der Waals surface area contributed by atoms with E-state index in [1.807, 2.05) is 19.1 Å². The first-order valence-corrected chi connectivity index (χ1v) is 12.0. The van der Waals surface area contributed by atoms with Gasteiger partial charge < -0.3 is 15.0 Å². The first-order valence-electron chi connectivity index (χ1n) is 10.6. The van der Waals surface area contributed by atoms with E-state index >= 15 is 0 Å². The Kier molecular flexibility index (Phi) is 7.68. The first kappa shape index (κ1) is 24.3. The number of H-pyrrole nitrogens is 2. The second-order valence-electron chi connectivity index (χ2n) is 7.27. The van der Waals surface area contributed by atoms with E-state index < -0.39 is 11.2 Å². The monoisotopic (exact) mass is 512 g/mol. The van der Waals surface area contributed by atoms with Crippen LogP contribution < -0.4 is 21.3 Å². The summed E-state index contributed by atoms with van der Waals surface area (Å²) < 4.78 is 7.31. The van der Waals surface area contributed by atoms with Crippen molar-refractivity contribution in [1.29, 1.82) is 0 Å². The minimum absolute atomic E-state index is 0.0635. The van der Waals surface area contributed by atoms with Crippen LogP contribution in [0, 0.1) is 0 Å². The number of carbonyl (C=O) groups is 1. The Morgan fingerprint density at radius 3 is 2.63 bits per heavy atom. The van der Waals surface area contributed by atoms with Gasteiger partial charge in [-0.05, 0) is 43.3 Å². The number of anilines is 1. The molecule has 10 nitrogen and oxygen atoms in total. The smallest absolute Gasteiger partial charge is 0.325 e. The van der Waals surface area contributed by atoms with Gasteiger partial charge in [0.15, 0.2) is 5.16 Å². The van der Waals surface area contributed by atoms with E-state index in [-0.39, 0.29) is 18.1 Å².